The predicted octanol–water partition coefficient (Wildman–Crippen LogP) is 7.51. The average molecular weight is 856 g/mol. The van der Waals surface area contributed by atoms with Gasteiger partial charge in [0.2, 0.25) is 17.8 Å². The molecule has 312 valence electrons. The van der Waals surface area contributed by atoms with Crippen LogP contribution >= 0.6 is 22.7 Å². The first-order valence-electron chi connectivity index (χ1n) is 20.4. The number of phenolic OH excluding ortho intramolecular Hbond substituents is 1. The Balaban J connectivity index is 0.844. The molecular weight excluding hydrogens is 811 g/mol. The third-order valence-corrected chi connectivity index (χ3v) is 13.9. The lowest BCUT2D eigenvalue weighted by Gasteiger charge is -2.29. The second kappa shape index (κ2) is 16.7. The average Bonchev–Trinajstić information content (AvgIpc) is 4.12. The van der Waals surface area contributed by atoms with Gasteiger partial charge in [-0.2, -0.15) is 0 Å². The number of benzene rings is 2. The summed E-state index contributed by atoms with van der Waals surface area (Å²) in [6.45, 7) is 9.33. The molecule has 1 unspecified atom stereocenters. The highest BCUT2D eigenvalue weighted by Gasteiger charge is 2.43. The van der Waals surface area contributed by atoms with Gasteiger partial charge in [-0.3, -0.25) is 9.59 Å². The van der Waals surface area contributed by atoms with E-state index in [2.05, 4.69) is 36.6 Å². The molecule has 61 heavy (non-hydrogen) atoms. The van der Waals surface area contributed by atoms with Crippen LogP contribution in [0.1, 0.15) is 73.4 Å². The molecule has 7 aromatic rings. The Kier molecular flexibility index (Phi) is 11.1. The number of nitrogens with zero attached hydrogens (tertiary/aromatic N) is 8. The van der Waals surface area contributed by atoms with Crippen LogP contribution in [-0.4, -0.2) is 89.0 Å². The number of likely N-dealkylation sites (tertiary alicyclic amines) is 1. The lowest BCUT2D eigenvalue weighted by atomic mass is 9.91. The Morgan fingerprint density at radius 3 is 2.46 bits per heavy atom. The first-order valence-corrected chi connectivity index (χ1v) is 22.1. The highest BCUT2D eigenvalue weighted by Crippen LogP contribution is 2.38. The molecule has 2 fully saturated rings. The second-order valence-corrected chi connectivity index (χ2v) is 18.1. The van der Waals surface area contributed by atoms with E-state index in [0.717, 1.165) is 51.4 Å². The van der Waals surface area contributed by atoms with Crippen LogP contribution < -0.4 is 10.2 Å². The molecule has 0 spiro atoms. The van der Waals surface area contributed by atoms with E-state index in [0.29, 0.717) is 34.2 Å². The number of carbonyl (C=O) groups excluding carboxylic acids is 2. The number of thiophene rings is 1. The van der Waals surface area contributed by atoms with Crippen LogP contribution in [0.5, 0.6) is 5.75 Å². The van der Waals surface area contributed by atoms with Crippen molar-refractivity contribution in [1.29, 1.82) is 0 Å². The largest absolute Gasteiger partial charge is 0.507 e. The van der Waals surface area contributed by atoms with Crippen LogP contribution in [0.4, 0.5) is 5.95 Å². The number of aromatic hydroxyl groups is 1. The third-order valence-electron chi connectivity index (χ3n) is 11.7. The van der Waals surface area contributed by atoms with Gasteiger partial charge in [0.05, 0.1) is 33.9 Å². The topological polar surface area (TPSA) is 184 Å². The fourth-order valence-corrected chi connectivity index (χ4v) is 10.3. The number of anilines is 1. The molecule has 14 nitrogen and oxygen atoms in total. The van der Waals surface area contributed by atoms with E-state index in [1.54, 1.807) is 53.3 Å². The molecule has 16 heteroatoms. The van der Waals surface area contributed by atoms with Crippen molar-refractivity contribution in [2.45, 2.75) is 70.6 Å². The summed E-state index contributed by atoms with van der Waals surface area (Å²) in [6, 6.07) is 19.9. The molecule has 0 radical (unpaired) electrons. The van der Waals surface area contributed by atoms with Gasteiger partial charge < -0.3 is 29.9 Å². The summed E-state index contributed by atoms with van der Waals surface area (Å²) in [5.74, 6) is -0.117. The number of fused-ring (bicyclic) bond motifs is 1. The number of para-hydroxylation sites is 1. The summed E-state index contributed by atoms with van der Waals surface area (Å²) in [5, 5.41) is 38.2. The molecule has 9 rings (SSSR count). The zero-order valence-corrected chi connectivity index (χ0v) is 35.7. The predicted molar refractivity (Wildman–Crippen MR) is 234 cm³/mol. The van der Waals surface area contributed by atoms with E-state index in [9.17, 15) is 19.8 Å². The summed E-state index contributed by atoms with van der Waals surface area (Å²) >= 11 is 3.22. The maximum absolute atomic E-state index is 14.3. The van der Waals surface area contributed by atoms with Gasteiger partial charge in [0.15, 0.2) is 0 Å². The molecule has 5 atom stereocenters. The molecule has 2 aliphatic heterocycles. The summed E-state index contributed by atoms with van der Waals surface area (Å²) in [7, 11) is 0. The number of aliphatic hydroxyl groups is 1. The summed E-state index contributed by atoms with van der Waals surface area (Å²) in [6.07, 6.45) is 3.67. The minimum atomic E-state index is -0.839. The van der Waals surface area contributed by atoms with Crippen molar-refractivity contribution < 1.29 is 24.3 Å². The minimum Gasteiger partial charge on any atom is -0.507 e. The molecule has 2 saturated heterocycles. The number of nitrogens with one attached hydrogen (secondary N) is 1. The summed E-state index contributed by atoms with van der Waals surface area (Å²) in [4.78, 5) is 48.6. The Labute approximate surface area is 360 Å². The highest BCUT2D eigenvalue weighted by molar-refractivity contribution is 7.18. The van der Waals surface area contributed by atoms with Crippen molar-refractivity contribution in [2.75, 3.05) is 24.5 Å². The second-order valence-electron chi connectivity index (χ2n) is 16.2. The van der Waals surface area contributed by atoms with Crippen LogP contribution in [0.3, 0.4) is 0 Å². The fourth-order valence-electron chi connectivity index (χ4n) is 8.37. The van der Waals surface area contributed by atoms with Gasteiger partial charge in [0.25, 0.3) is 0 Å². The van der Waals surface area contributed by atoms with Crippen molar-refractivity contribution in [3.8, 4) is 38.7 Å². The van der Waals surface area contributed by atoms with Crippen LogP contribution in [-0.2, 0) is 9.59 Å². The first-order chi connectivity index (χ1) is 29.5. The van der Waals surface area contributed by atoms with Gasteiger partial charge in [0.1, 0.15) is 34.0 Å². The molecule has 5 aromatic heterocycles. The van der Waals surface area contributed by atoms with Crippen LogP contribution in [0.25, 0.3) is 43.2 Å². The molecule has 0 bridgehead atoms. The van der Waals surface area contributed by atoms with Gasteiger partial charge >= 0.3 is 0 Å². The third kappa shape index (κ3) is 8.10. The smallest absolute Gasteiger partial charge is 0.243 e. The number of aryl methyl sites for hydroxylation is 1. The number of rotatable bonds is 11. The maximum Gasteiger partial charge on any atom is 0.243 e. The van der Waals surface area contributed by atoms with Crippen molar-refractivity contribution in [1.82, 2.24) is 40.5 Å². The van der Waals surface area contributed by atoms with E-state index >= 15 is 0 Å². The van der Waals surface area contributed by atoms with Gasteiger partial charge in [-0.15, -0.1) is 32.9 Å². The molecule has 0 saturated carbocycles. The van der Waals surface area contributed by atoms with Crippen LogP contribution in [0.15, 0.2) is 89.2 Å². The van der Waals surface area contributed by atoms with Gasteiger partial charge in [-0.25, -0.2) is 15.0 Å². The number of aromatic nitrogens is 6. The standard InChI is InChI=1S/C45H45N9O5S2/c1-24(2)40(44(58)54-22-32(55)17-36(54)42(57)49-25(3)27-9-11-28(12-10-27)41-26(4)48-23-60-41)38-18-34(52-59-38)31-19-46-45(47-20-31)53-14-13-29(21-53)39-16-30-15-35(50-51-43(30)61-39)33-7-5-6-8-37(33)56/h5-12,15-16,18-20,23-25,29,32,36,40,55-56H,13-14,17,21-22H2,1-4H3,(H,49,57)/t25-,29+,32+,36-,40?/m0/s1. The normalized spacial score (nSPS) is 18.9. The van der Waals surface area contributed by atoms with E-state index in [4.69, 9.17) is 14.5 Å². The molecule has 0 aliphatic carbocycles. The first kappa shape index (κ1) is 40.3. The van der Waals surface area contributed by atoms with Gasteiger partial charge in [-0.1, -0.05) is 55.4 Å². The van der Waals surface area contributed by atoms with Crippen molar-refractivity contribution in [3.63, 3.8) is 0 Å². The zero-order chi connectivity index (χ0) is 42.4. The molecule has 2 aliphatic rings. The zero-order valence-electron chi connectivity index (χ0n) is 34.1. The number of aliphatic hydroxyl groups excluding tert-OH is 1. The lowest BCUT2D eigenvalue weighted by molar-refractivity contribution is -0.141. The minimum absolute atomic E-state index is 0.0443. The number of thiazole rings is 1. The van der Waals surface area contributed by atoms with Crippen molar-refractivity contribution in [3.05, 3.63) is 107 Å². The quantitative estimate of drug-likeness (QED) is 0.117. The Bertz CT molecular complexity index is 2700. The molecular formula is C45H45N9O5S2. The van der Waals surface area contributed by atoms with E-state index < -0.39 is 18.1 Å². The monoisotopic (exact) mass is 855 g/mol. The van der Waals surface area contributed by atoms with E-state index in [1.807, 2.05) is 75.7 Å². The van der Waals surface area contributed by atoms with Crippen molar-refractivity contribution >= 4 is 50.7 Å². The van der Waals surface area contributed by atoms with E-state index in [1.165, 1.54) is 9.78 Å². The van der Waals surface area contributed by atoms with Crippen LogP contribution in [0.2, 0.25) is 0 Å². The Morgan fingerprint density at radius 2 is 1.72 bits per heavy atom. The Hall–Kier alpha value is -6.10. The van der Waals surface area contributed by atoms with Crippen LogP contribution in [0, 0.1) is 12.8 Å². The molecule has 3 N–H and O–H groups in total. The number of β-amino-alcohol motifs (C(OH)–C–C–N with tert-alkyl or cyclic N) is 1. The lowest BCUT2D eigenvalue weighted by Crippen LogP contribution is -2.48. The highest BCUT2D eigenvalue weighted by atomic mass is 32.1. The van der Waals surface area contributed by atoms with Gasteiger partial charge in [0, 0.05) is 71.8 Å². The molecule has 2 amide bonds. The number of hydrogen-bond acceptors (Lipinski definition) is 14. The Morgan fingerprint density at radius 1 is 0.934 bits per heavy atom. The molecule has 2 aromatic carbocycles. The van der Waals surface area contributed by atoms with Gasteiger partial charge in [-0.05, 0) is 61.6 Å². The fraction of sp³-hybridized carbons (Fsp3) is 0.333. The summed E-state index contributed by atoms with van der Waals surface area (Å²) < 4.78 is 5.82. The van der Waals surface area contributed by atoms with E-state index in [-0.39, 0.29) is 48.4 Å². The number of carbonyl (C=O) groups is 2. The SMILES string of the molecule is Cc1ncsc1-c1ccc([C@H](C)NC(=O)[C@@H]2C[C@@H](O)CN2C(=O)C(c2cc(-c3cnc(N4CC[C@@H](c5cc6cc(-c7ccccc7O)nnc6s5)C4)nc3)no2)C(C)C)cc1. The van der Waals surface area contributed by atoms with Crippen molar-refractivity contribution in [2.24, 2.45) is 5.92 Å². The number of phenols is 1. The number of amides is 2. The number of hydrogen-bond donors (Lipinski definition) is 3. The summed E-state index contributed by atoms with van der Waals surface area (Å²) in [5.41, 5.74) is 7.22. The molecule has 7 heterocycles. The maximum atomic E-state index is 14.3.